The Labute approximate surface area is 377 Å². The highest BCUT2D eigenvalue weighted by Gasteiger charge is 2.26. The van der Waals surface area contributed by atoms with Gasteiger partial charge in [-0.3, -0.25) is 0 Å². The van der Waals surface area contributed by atoms with Crippen LogP contribution in [0.1, 0.15) is 0 Å². The molecule has 4 nitrogen and oxygen atoms in total. The van der Waals surface area contributed by atoms with Gasteiger partial charge in [0, 0.05) is 65.2 Å². The number of benzene rings is 10. The van der Waals surface area contributed by atoms with Gasteiger partial charge in [-0.05, 0) is 82.9 Å². The lowest BCUT2D eigenvalue weighted by atomic mass is 10.0. The molecule has 6 heterocycles. The molecular formula is C62H36N4. The van der Waals surface area contributed by atoms with Gasteiger partial charge in [0.05, 0.1) is 55.2 Å². The van der Waals surface area contributed by atoms with E-state index < -0.39 is 0 Å². The van der Waals surface area contributed by atoms with Gasteiger partial charge in [-0.2, -0.15) is 0 Å². The summed E-state index contributed by atoms with van der Waals surface area (Å²) in [5.74, 6) is 0. The molecule has 4 heteroatoms. The van der Waals surface area contributed by atoms with Gasteiger partial charge in [-0.25, -0.2) is 0 Å². The van der Waals surface area contributed by atoms with E-state index in [9.17, 15) is 0 Å². The number of nitrogens with zero attached hydrogens (tertiary/aromatic N) is 4. The summed E-state index contributed by atoms with van der Waals surface area (Å²) in [5, 5.41) is 12.8. The maximum absolute atomic E-state index is 2.58. The Hall–Kier alpha value is -8.86. The van der Waals surface area contributed by atoms with Crippen LogP contribution in [0.15, 0.2) is 218 Å². The summed E-state index contributed by atoms with van der Waals surface area (Å²) in [6.45, 7) is 0. The molecule has 0 N–H and O–H groups in total. The van der Waals surface area contributed by atoms with Crippen molar-refractivity contribution >= 4 is 109 Å². The van der Waals surface area contributed by atoms with Crippen LogP contribution >= 0.6 is 0 Å². The summed E-state index contributed by atoms with van der Waals surface area (Å²) < 4.78 is 9.97. The normalized spacial score (nSPS) is 12.5. The van der Waals surface area contributed by atoms with Crippen LogP contribution in [0.4, 0.5) is 0 Å². The first-order chi connectivity index (χ1) is 32.8. The Morgan fingerprint density at radius 3 is 0.939 bits per heavy atom. The van der Waals surface area contributed by atoms with Crippen LogP contribution in [0.2, 0.25) is 0 Å². The van der Waals surface area contributed by atoms with Crippen LogP contribution in [0.5, 0.6) is 0 Å². The van der Waals surface area contributed by atoms with E-state index in [2.05, 4.69) is 236 Å². The second-order valence-corrected chi connectivity index (χ2v) is 18.1. The van der Waals surface area contributed by atoms with E-state index in [1.165, 1.54) is 143 Å². The van der Waals surface area contributed by atoms with Crippen molar-refractivity contribution in [2.24, 2.45) is 0 Å². The number of hydrogen-bond donors (Lipinski definition) is 0. The number of para-hydroxylation sites is 6. The number of aromatic nitrogens is 4. The molecule has 0 amide bonds. The van der Waals surface area contributed by atoms with Crippen molar-refractivity contribution in [3.63, 3.8) is 0 Å². The number of fused-ring (bicyclic) bond motifs is 17. The molecule has 0 bridgehead atoms. The third kappa shape index (κ3) is 4.33. The summed E-state index contributed by atoms with van der Waals surface area (Å²) >= 11 is 0. The molecule has 0 aliphatic heterocycles. The monoisotopic (exact) mass is 836 g/mol. The summed E-state index contributed by atoms with van der Waals surface area (Å²) in [7, 11) is 0. The van der Waals surface area contributed by atoms with Crippen molar-refractivity contribution < 1.29 is 0 Å². The Morgan fingerprint density at radius 2 is 0.515 bits per heavy atom. The third-order valence-electron chi connectivity index (χ3n) is 14.8. The van der Waals surface area contributed by atoms with Gasteiger partial charge in [-0.1, -0.05) is 158 Å². The smallest absolute Gasteiger partial charge is 0.0804 e. The van der Waals surface area contributed by atoms with E-state index in [1.54, 1.807) is 0 Å². The molecule has 6 aromatic heterocycles. The summed E-state index contributed by atoms with van der Waals surface area (Å²) in [5.41, 5.74) is 19.6. The van der Waals surface area contributed by atoms with Gasteiger partial charge < -0.3 is 17.9 Å². The molecule has 10 aromatic carbocycles. The van der Waals surface area contributed by atoms with Crippen LogP contribution < -0.4 is 0 Å². The third-order valence-corrected chi connectivity index (χ3v) is 14.8. The molecule has 0 spiro atoms. The predicted octanol–water partition coefficient (Wildman–Crippen LogP) is 16.4. The van der Waals surface area contributed by atoms with Crippen molar-refractivity contribution in [3.05, 3.63) is 218 Å². The zero-order valence-electron chi connectivity index (χ0n) is 35.6. The molecule has 0 fully saturated rings. The molecule has 0 unspecified atom stereocenters. The topological polar surface area (TPSA) is 18.7 Å². The molecule has 16 aromatic rings. The molecule has 304 valence electrons. The molecular weight excluding hydrogens is 801 g/mol. The number of rotatable bonds is 4. The zero-order chi connectivity index (χ0) is 42.8. The fourth-order valence-corrected chi connectivity index (χ4v) is 12.1. The molecule has 0 radical (unpaired) electrons. The largest absolute Gasteiger partial charge is 0.309 e. The Kier molecular flexibility index (Phi) is 6.52. The van der Waals surface area contributed by atoms with Gasteiger partial charge >= 0.3 is 0 Å². The van der Waals surface area contributed by atoms with Gasteiger partial charge in [0.2, 0.25) is 0 Å². The van der Waals surface area contributed by atoms with E-state index in [0.29, 0.717) is 0 Å². The van der Waals surface area contributed by atoms with Crippen LogP contribution in [0.25, 0.3) is 143 Å². The minimum Gasteiger partial charge on any atom is -0.309 e. The van der Waals surface area contributed by atoms with Crippen LogP contribution in [-0.2, 0) is 0 Å². The van der Waals surface area contributed by atoms with E-state index in [-0.39, 0.29) is 0 Å². The lowest BCUT2D eigenvalue weighted by Crippen LogP contribution is -1.93. The van der Waals surface area contributed by atoms with Gasteiger partial charge in [0.15, 0.2) is 0 Å². The molecule has 0 aliphatic carbocycles. The predicted molar refractivity (Wildman–Crippen MR) is 278 cm³/mol. The van der Waals surface area contributed by atoms with Crippen LogP contribution in [0.3, 0.4) is 0 Å². The average molecular weight is 837 g/mol. The minimum absolute atomic E-state index is 1.17. The molecule has 66 heavy (non-hydrogen) atoms. The standard InChI is InChI=1S/C62H36N4/c1-3-13-41(14-4-1)63-53-23-9-7-17-43(53)45-29-25-37(33-55(45)63)39-27-31-47-49-19-11-21-51-59(49)65(57(47)35-39)61-52-22-12-20-50-48-32-28-40(36-58(48)66(60(50)52)62(51)61)38-26-30-46-44-18-8-10-24-54(44)64(56(46)34-38)42-15-5-2-6-16-42/h1-36H. The first kappa shape index (κ1) is 34.6. The van der Waals surface area contributed by atoms with Crippen molar-refractivity contribution in [2.75, 3.05) is 0 Å². The Balaban J connectivity index is 0.933. The van der Waals surface area contributed by atoms with E-state index >= 15 is 0 Å². The number of hydrogen-bond acceptors (Lipinski definition) is 0. The molecule has 16 rings (SSSR count). The van der Waals surface area contributed by atoms with E-state index in [4.69, 9.17) is 0 Å². The zero-order valence-corrected chi connectivity index (χ0v) is 35.6. The highest BCUT2D eigenvalue weighted by molar-refractivity contribution is 6.32. The van der Waals surface area contributed by atoms with Crippen molar-refractivity contribution in [1.82, 2.24) is 17.9 Å². The highest BCUT2D eigenvalue weighted by Crippen LogP contribution is 2.48. The van der Waals surface area contributed by atoms with Gasteiger partial charge in [-0.15, -0.1) is 0 Å². The Morgan fingerprint density at radius 1 is 0.197 bits per heavy atom. The average Bonchev–Trinajstić information content (AvgIpc) is 4.21. The fourth-order valence-electron chi connectivity index (χ4n) is 12.1. The summed E-state index contributed by atoms with van der Waals surface area (Å²) in [4.78, 5) is 0. The summed E-state index contributed by atoms with van der Waals surface area (Å²) in [6, 6.07) is 81.0. The first-order valence-electron chi connectivity index (χ1n) is 22.8. The quantitative estimate of drug-likeness (QED) is 0.168. The maximum Gasteiger partial charge on any atom is 0.0804 e. The Bertz CT molecular complexity index is 4380. The van der Waals surface area contributed by atoms with Crippen molar-refractivity contribution in [1.29, 1.82) is 0 Å². The molecule has 0 aliphatic rings. The van der Waals surface area contributed by atoms with Crippen molar-refractivity contribution in [2.45, 2.75) is 0 Å². The first-order valence-corrected chi connectivity index (χ1v) is 22.8. The van der Waals surface area contributed by atoms with Crippen LogP contribution in [0, 0.1) is 0 Å². The lowest BCUT2D eigenvalue weighted by Gasteiger charge is -2.09. The van der Waals surface area contributed by atoms with E-state index in [0.717, 1.165) is 0 Å². The highest BCUT2D eigenvalue weighted by atomic mass is 15.0. The molecule has 0 atom stereocenters. The van der Waals surface area contributed by atoms with Gasteiger partial charge in [0.25, 0.3) is 0 Å². The second kappa shape index (κ2) is 12.4. The van der Waals surface area contributed by atoms with Gasteiger partial charge in [0.1, 0.15) is 0 Å². The molecule has 0 saturated heterocycles. The maximum atomic E-state index is 2.58. The minimum atomic E-state index is 1.17. The SMILES string of the molecule is c1ccc(-n2c3ccccc3c3ccc(-c4ccc5c6cccc7c6n(c5c4)c4c5cccc6c8ccc(-c9ccc%10c%11ccccc%11n(-c%11ccccc%11)c%10c9)cc8n(c65)c74)cc32)cc1. The lowest BCUT2D eigenvalue weighted by molar-refractivity contribution is 1.18. The summed E-state index contributed by atoms with van der Waals surface area (Å²) in [6.07, 6.45) is 0. The van der Waals surface area contributed by atoms with E-state index in [1.807, 2.05) is 0 Å². The van der Waals surface area contributed by atoms with Crippen molar-refractivity contribution in [3.8, 4) is 33.6 Å². The fraction of sp³-hybridized carbons (Fsp3) is 0. The second-order valence-electron chi connectivity index (χ2n) is 18.1. The van der Waals surface area contributed by atoms with Crippen LogP contribution in [-0.4, -0.2) is 17.9 Å². The molecule has 0 saturated carbocycles.